The van der Waals surface area contributed by atoms with Gasteiger partial charge in [-0.15, -0.1) is 0 Å². The number of benzene rings is 4. The topological polar surface area (TPSA) is 75.7 Å². The number of ketones is 1. The van der Waals surface area contributed by atoms with Crippen molar-refractivity contribution in [1.29, 1.82) is 0 Å². The monoisotopic (exact) mass is 584 g/mol. The number of nitrogens with one attached hydrogen (secondary N) is 1. The highest BCUT2D eigenvalue weighted by atomic mass is 16.5. The number of hydrogen-bond donors (Lipinski definition) is 1. The number of esters is 1. The molecule has 0 bridgehead atoms. The lowest BCUT2D eigenvalue weighted by Gasteiger charge is -2.31. The summed E-state index contributed by atoms with van der Waals surface area (Å²) in [5, 5.41) is 7.36. The molecule has 0 heterocycles. The van der Waals surface area contributed by atoms with Crippen LogP contribution in [0, 0.1) is 17.4 Å². The second-order valence-corrected chi connectivity index (χ2v) is 11.5. The molecule has 0 aromatic heterocycles. The van der Waals surface area contributed by atoms with E-state index in [1.807, 2.05) is 56.1 Å². The molecule has 6 rings (SSSR count). The molecule has 4 aromatic carbocycles. The number of carbonyl (C=O) groups is 3. The molecule has 0 saturated carbocycles. The summed E-state index contributed by atoms with van der Waals surface area (Å²) in [7, 11) is 1.95. The first-order valence-electron chi connectivity index (χ1n) is 15.2. The van der Waals surface area contributed by atoms with Crippen LogP contribution >= 0.6 is 0 Å². The molecule has 0 spiro atoms. The first kappa shape index (κ1) is 29.3. The highest BCUT2D eigenvalue weighted by Gasteiger charge is 2.27. The van der Waals surface area contributed by atoms with Crippen LogP contribution in [0.15, 0.2) is 84.9 Å². The van der Waals surface area contributed by atoms with Crippen molar-refractivity contribution in [3.05, 3.63) is 134 Å². The molecule has 2 aliphatic rings. The molecular weight excluding hydrogens is 548 g/mol. The van der Waals surface area contributed by atoms with Crippen molar-refractivity contribution in [2.24, 2.45) is 0 Å². The molecule has 1 amide bonds. The van der Waals surface area contributed by atoms with Crippen molar-refractivity contribution in [3.63, 3.8) is 0 Å². The fraction of sp³-hybridized carbons (Fsp3) is 0.237. The molecule has 0 aliphatic heterocycles. The van der Waals surface area contributed by atoms with Gasteiger partial charge in [-0.2, -0.15) is 0 Å². The molecule has 1 N–H and O–H groups in total. The third-order valence-electron chi connectivity index (χ3n) is 8.65. The van der Waals surface area contributed by atoms with Crippen molar-refractivity contribution in [1.82, 2.24) is 4.90 Å². The molecule has 44 heavy (non-hydrogen) atoms. The lowest BCUT2D eigenvalue weighted by molar-refractivity contribution is -0.144. The van der Waals surface area contributed by atoms with E-state index in [-0.39, 0.29) is 30.2 Å². The van der Waals surface area contributed by atoms with Gasteiger partial charge >= 0.3 is 5.97 Å². The van der Waals surface area contributed by atoms with Crippen molar-refractivity contribution < 1.29 is 19.1 Å². The van der Waals surface area contributed by atoms with Crippen LogP contribution in [0.1, 0.15) is 63.2 Å². The summed E-state index contributed by atoms with van der Waals surface area (Å²) in [6, 6.07) is 27.0. The van der Waals surface area contributed by atoms with Gasteiger partial charge in [0.25, 0.3) is 5.91 Å². The number of hydrogen-bond acceptors (Lipinski definition) is 5. The number of fused-ring (bicyclic) bond motifs is 4. The molecule has 1 unspecified atom stereocenters. The summed E-state index contributed by atoms with van der Waals surface area (Å²) in [5.41, 5.74) is 5.89. The minimum absolute atomic E-state index is 0.000650. The Morgan fingerprint density at radius 1 is 0.864 bits per heavy atom. The lowest BCUT2D eigenvalue weighted by atomic mass is 9.82. The van der Waals surface area contributed by atoms with E-state index in [0.29, 0.717) is 29.8 Å². The molecule has 222 valence electrons. The summed E-state index contributed by atoms with van der Waals surface area (Å²) in [4.78, 5) is 41.2. The fourth-order valence-corrected chi connectivity index (χ4v) is 6.50. The summed E-state index contributed by atoms with van der Waals surface area (Å²) in [5.74, 6) is -0.433. The first-order chi connectivity index (χ1) is 21.4. The number of carbonyl (C=O) groups excluding carboxylic acids is 3. The molecule has 1 atom stereocenters. The van der Waals surface area contributed by atoms with E-state index in [1.54, 1.807) is 30.3 Å². The predicted octanol–water partition coefficient (Wildman–Crippen LogP) is 5.23. The van der Waals surface area contributed by atoms with Gasteiger partial charge in [0.15, 0.2) is 5.78 Å². The third-order valence-corrected chi connectivity index (χ3v) is 8.65. The van der Waals surface area contributed by atoms with Gasteiger partial charge < -0.3 is 10.1 Å². The minimum atomic E-state index is -0.255. The molecule has 0 radical (unpaired) electrons. The van der Waals surface area contributed by atoms with E-state index in [9.17, 15) is 14.4 Å². The molecule has 2 aliphatic carbocycles. The smallest absolute Gasteiger partial charge is 0.320 e. The van der Waals surface area contributed by atoms with E-state index < -0.39 is 0 Å². The number of likely N-dealkylation sites (N-methyl/N-ethyl adjacent to an activating group) is 1. The van der Waals surface area contributed by atoms with Gasteiger partial charge in [0, 0.05) is 22.4 Å². The Hall–Kier alpha value is -4.81. The maximum atomic E-state index is 14.0. The molecule has 0 fully saturated rings. The summed E-state index contributed by atoms with van der Waals surface area (Å²) < 4.78 is 5.26. The van der Waals surface area contributed by atoms with Gasteiger partial charge in [0.05, 0.1) is 19.2 Å². The van der Waals surface area contributed by atoms with Crippen LogP contribution in [0.25, 0.3) is 11.6 Å². The van der Waals surface area contributed by atoms with Crippen LogP contribution < -0.4 is 15.8 Å². The minimum Gasteiger partial charge on any atom is -0.465 e. The van der Waals surface area contributed by atoms with Crippen molar-refractivity contribution >= 4 is 35.0 Å². The summed E-state index contributed by atoms with van der Waals surface area (Å²) in [6.07, 6.45) is 4.64. The summed E-state index contributed by atoms with van der Waals surface area (Å²) >= 11 is 0. The average Bonchev–Trinajstić information content (AvgIpc) is 3.04. The number of Topliss-reactive ketones (excluding diaryl/α,β-unsaturated/α-hetero) is 1. The Morgan fingerprint density at radius 2 is 1.59 bits per heavy atom. The third kappa shape index (κ3) is 5.61. The van der Waals surface area contributed by atoms with Crippen LogP contribution in [-0.4, -0.2) is 42.8 Å². The van der Waals surface area contributed by atoms with Gasteiger partial charge in [-0.25, -0.2) is 0 Å². The number of rotatable bonds is 8. The zero-order valence-electron chi connectivity index (χ0n) is 25.4. The predicted molar refractivity (Wildman–Crippen MR) is 173 cm³/mol. The van der Waals surface area contributed by atoms with Gasteiger partial charge in [-0.3, -0.25) is 19.3 Å². The fourth-order valence-electron chi connectivity index (χ4n) is 6.50. The second kappa shape index (κ2) is 12.4. The number of nitrogens with zero attached hydrogens (tertiary/aromatic N) is 1. The number of amides is 1. The molecule has 6 nitrogen and oxygen atoms in total. The van der Waals surface area contributed by atoms with Gasteiger partial charge in [-0.05, 0) is 108 Å². The van der Waals surface area contributed by atoms with Crippen molar-refractivity contribution in [2.75, 3.05) is 25.5 Å². The van der Waals surface area contributed by atoms with E-state index in [4.69, 9.17) is 4.74 Å². The van der Waals surface area contributed by atoms with E-state index in [2.05, 4.69) is 35.7 Å². The SMILES string of the molecule is CCOC(=O)CN(C)C1C=c2ccccc2=c2ccc3c(c21)CCCC=3C(=O)c1ccc(NC(=O)c2ccccc2C)cc1. The van der Waals surface area contributed by atoms with Crippen LogP contribution in [0.3, 0.4) is 0 Å². The van der Waals surface area contributed by atoms with E-state index in [0.717, 1.165) is 50.4 Å². The zero-order valence-corrected chi connectivity index (χ0v) is 25.4. The average molecular weight is 585 g/mol. The molecule has 6 heteroatoms. The Morgan fingerprint density at radius 3 is 2.36 bits per heavy atom. The molecular formula is C38H36N2O4. The van der Waals surface area contributed by atoms with Crippen LogP contribution in [0.5, 0.6) is 0 Å². The van der Waals surface area contributed by atoms with Gasteiger partial charge in [0.2, 0.25) is 0 Å². The normalized spacial score (nSPS) is 15.0. The second-order valence-electron chi connectivity index (χ2n) is 11.5. The Bertz CT molecular complexity index is 2000. The molecule has 0 saturated heterocycles. The number of anilines is 1. The molecule has 4 aromatic rings. The Balaban J connectivity index is 1.38. The summed E-state index contributed by atoms with van der Waals surface area (Å²) in [6.45, 7) is 4.24. The van der Waals surface area contributed by atoms with Gasteiger partial charge in [0.1, 0.15) is 0 Å². The van der Waals surface area contributed by atoms with Crippen molar-refractivity contribution in [3.8, 4) is 0 Å². The van der Waals surface area contributed by atoms with Crippen LogP contribution in [-0.2, 0) is 16.0 Å². The Labute approximate surface area is 257 Å². The standard InChI is InChI=1S/C38H36N2O4/c1-4-44-35(41)23-40(3)34-22-26-11-6-8-13-29(26)32-21-20-30-31(36(32)34)14-9-15-33(30)37(42)25-16-18-27(19-17-25)39-38(43)28-12-7-5-10-24(28)2/h5-8,10-13,16-22,34H,4,9,14-15,23H2,1-3H3,(H,39,43). The quantitative estimate of drug-likeness (QED) is 0.227. The van der Waals surface area contributed by atoms with E-state index >= 15 is 0 Å². The van der Waals surface area contributed by atoms with Crippen LogP contribution in [0.2, 0.25) is 0 Å². The number of ether oxygens (including phenoxy) is 1. The maximum Gasteiger partial charge on any atom is 0.320 e. The number of aryl methyl sites for hydroxylation is 1. The highest BCUT2D eigenvalue weighted by molar-refractivity contribution is 6.24. The zero-order chi connectivity index (χ0) is 30.8. The van der Waals surface area contributed by atoms with Gasteiger partial charge in [-0.1, -0.05) is 60.7 Å². The largest absolute Gasteiger partial charge is 0.465 e. The Kier molecular flexibility index (Phi) is 8.27. The first-order valence-corrected chi connectivity index (χ1v) is 15.2. The van der Waals surface area contributed by atoms with Crippen LogP contribution in [0.4, 0.5) is 5.69 Å². The highest BCUT2D eigenvalue weighted by Crippen LogP contribution is 2.31. The van der Waals surface area contributed by atoms with Crippen molar-refractivity contribution in [2.45, 2.75) is 39.2 Å². The van der Waals surface area contributed by atoms with E-state index in [1.165, 1.54) is 5.56 Å². The lowest BCUT2D eigenvalue weighted by Crippen LogP contribution is -2.35. The maximum absolute atomic E-state index is 14.0.